The molecule has 0 radical (unpaired) electrons. The summed E-state index contributed by atoms with van der Waals surface area (Å²) in [4.78, 5) is 18.3. The second kappa shape index (κ2) is 10.5. The topological polar surface area (TPSA) is 109 Å². The Morgan fingerprint density at radius 1 is 1.09 bits per heavy atom. The first-order valence-corrected chi connectivity index (χ1v) is 9.79. The molecule has 172 valence electrons. The lowest BCUT2D eigenvalue weighted by Crippen LogP contribution is -2.22. The van der Waals surface area contributed by atoms with Gasteiger partial charge in [0.1, 0.15) is 13.2 Å². The summed E-state index contributed by atoms with van der Waals surface area (Å²) in [6, 6.07) is 5.17. The lowest BCUT2D eigenvalue weighted by Gasteiger charge is -2.15. The van der Waals surface area contributed by atoms with Gasteiger partial charge in [0.2, 0.25) is 11.6 Å². The highest BCUT2D eigenvalue weighted by Gasteiger charge is 2.15. The molecule has 0 spiro atoms. The van der Waals surface area contributed by atoms with Crippen LogP contribution in [0, 0.1) is 0 Å². The van der Waals surface area contributed by atoms with Crippen LogP contribution in [0.4, 0.5) is 10.5 Å². The van der Waals surface area contributed by atoms with E-state index in [1.165, 1.54) is 4.52 Å². The van der Waals surface area contributed by atoms with Crippen molar-refractivity contribution in [1.82, 2.24) is 19.5 Å². The van der Waals surface area contributed by atoms with Gasteiger partial charge in [-0.3, -0.25) is 5.32 Å². The van der Waals surface area contributed by atoms with Crippen LogP contribution in [0.2, 0.25) is 0 Å². The molecule has 0 bridgehead atoms. The summed E-state index contributed by atoms with van der Waals surface area (Å²) in [5.41, 5.74) is 1.67. The van der Waals surface area contributed by atoms with Gasteiger partial charge in [0.05, 0.1) is 27.0 Å². The Balaban J connectivity index is 1.76. The average molecular weight is 445 g/mol. The Bertz CT molecular complexity index is 1040. The molecule has 2 heterocycles. The smallest absolute Gasteiger partial charge is 0.411 e. The van der Waals surface area contributed by atoms with Gasteiger partial charge in [-0.25, -0.2) is 14.3 Å². The van der Waals surface area contributed by atoms with E-state index in [1.54, 1.807) is 51.9 Å². The van der Waals surface area contributed by atoms with Crippen LogP contribution in [0.3, 0.4) is 0 Å². The maximum Gasteiger partial charge on any atom is 0.411 e. The molecule has 32 heavy (non-hydrogen) atoms. The zero-order valence-corrected chi connectivity index (χ0v) is 18.7. The third-order valence-electron chi connectivity index (χ3n) is 4.46. The Morgan fingerprint density at radius 3 is 2.44 bits per heavy atom. The Kier molecular flexibility index (Phi) is 7.55. The molecule has 0 aliphatic rings. The van der Waals surface area contributed by atoms with E-state index in [1.807, 2.05) is 19.0 Å². The molecule has 11 nitrogen and oxygen atoms in total. The van der Waals surface area contributed by atoms with Crippen molar-refractivity contribution in [3.8, 4) is 23.1 Å². The number of rotatable bonds is 10. The lowest BCUT2D eigenvalue weighted by molar-refractivity contribution is 0.151. The highest BCUT2D eigenvalue weighted by molar-refractivity contribution is 5.89. The number of imidazole rings is 1. The summed E-state index contributed by atoms with van der Waals surface area (Å²) in [6.45, 7) is 1.06. The number of nitrogens with zero attached hydrogens (tertiary/aromatic N) is 4. The Morgan fingerprint density at radius 2 is 1.81 bits per heavy atom. The predicted molar refractivity (Wildman–Crippen MR) is 117 cm³/mol. The fourth-order valence-corrected chi connectivity index (χ4v) is 2.90. The molecule has 3 rings (SSSR count). The second-order valence-corrected chi connectivity index (χ2v) is 6.98. The van der Waals surface area contributed by atoms with E-state index in [9.17, 15) is 4.79 Å². The van der Waals surface area contributed by atoms with E-state index in [2.05, 4.69) is 15.4 Å². The summed E-state index contributed by atoms with van der Waals surface area (Å²) in [5, 5.41) is 7.06. The van der Waals surface area contributed by atoms with E-state index in [0.717, 1.165) is 5.56 Å². The fraction of sp³-hybridized carbons (Fsp3) is 0.381. The maximum atomic E-state index is 12.2. The molecule has 1 N–H and O–H groups in total. The number of amides is 1. The van der Waals surface area contributed by atoms with Gasteiger partial charge in [0.15, 0.2) is 17.1 Å². The number of fused-ring (bicyclic) bond motifs is 1. The van der Waals surface area contributed by atoms with Gasteiger partial charge >= 0.3 is 6.09 Å². The van der Waals surface area contributed by atoms with Gasteiger partial charge in [-0.1, -0.05) is 0 Å². The Hall–Kier alpha value is -3.73. The minimum atomic E-state index is -0.585. The minimum absolute atomic E-state index is 0.177. The van der Waals surface area contributed by atoms with E-state index >= 15 is 0 Å². The zero-order valence-electron chi connectivity index (χ0n) is 18.7. The first kappa shape index (κ1) is 22.9. The van der Waals surface area contributed by atoms with Crippen molar-refractivity contribution in [3.63, 3.8) is 0 Å². The number of carbonyl (C=O) groups excluding carboxylic acids is 1. The minimum Gasteiger partial charge on any atom is -0.493 e. The van der Waals surface area contributed by atoms with E-state index in [0.29, 0.717) is 35.1 Å². The van der Waals surface area contributed by atoms with Crippen LogP contribution in [0.25, 0.3) is 5.65 Å². The lowest BCUT2D eigenvalue weighted by atomic mass is 10.2. The van der Waals surface area contributed by atoms with Crippen molar-refractivity contribution in [2.75, 3.05) is 53.9 Å². The molecular formula is C21H27N5O6. The number of nitrogens with one attached hydrogen (secondary N) is 1. The molecule has 0 unspecified atom stereocenters. The summed E-state index contributed by atoms with van der Waals surface area (Å²) >= 11 is 0. The number of anilines is 1. The highest BCUT2D eigenvalue weighted by atomic mass is 16.5. The average Bonchev–Trinajstić information content (AvgIpc) is 3.25. The summed E-state index contributed by atoms with van der Waals surface area (Å²) in [6.07, 6.45) is 2.65. The number of likely N-dealkylation sites (N-methyl/N-ethyl adjacent to an activating group) is 1. The molecule has 0 fully saturated rings. The molecule has 1 aromatic carbocycles. The Labute approximate surface area is 185 Å². The molecule has 0 saturated carbocycles. The standard InChI is InChI=1S/C21H27N5O6/c1-25(2)8-9-31-21(27)23-15-12-18(24-26-7-6-22-20(15)26)32-13-14-10-16(28-3)19(30-5)17(11-14)29-4/h6-7,10-12H,8-9,13H2,1-5H3,(H,23,27). The van der Waals surface area contributed by atoms with Crippen molar-refractivity contribution in [2.45, 2.75) is 6.61 Å². The summed E-state index contributed by atoms with van der Waals surface area (Å²) < 4.78 is 28.7. The molecule has 0 saturated heterocycles. The first-order valence-electron chi connectivity index (χ1n) is 9.79. The maximum absolute atomic E-state index is 12.2. The van der Waals surface area contributed by atoms with Crippen LogP contribution in [0.15, 0.2) is 30.6 Å². The predicted octanol–water partition coefficient (Wildman–Crippen LogP) is 2.44. The van der Waals surface area contributed by atoms with Crippen LogP contribution in [-0.2, 0) is 11.3 Å². The van der Waals surface area contributed by atoms with E-state index < -0.39 is 6.09 Å². The van der Waals surface area contributed by atoms with Crippen LogP contribution in [-0.4, -0.2) is 74.2 Å². The first-order chi connectivity index (χ1) is 15.4. The number of hydrogen-bond acceptors (Lipinski definition) is 9. The van der Waals surface area contributed by atoms with Gasteiger partial charge in [-0.15, -0.1) is 5.10 Å². The molecule has 1 amide bonds. The normalized spacial score (nSPS) is 10.8. The third-order valence-corrected chi connectivity index (χ3v) is 4.46. The largest absolute Gasteiger partial charge is 0.493 e. The van der Waals surface area contributed by atoms with Crippen LogP contribution >= 0.6 is 0 Å². The molecular weight excluding hydrogens is 418 g/mol. The van der Waals surface area contributed by atoms with Gasteiger partial charge < -0.3 is 28.6 Å². The highest BCUT2D eigenvalue weighted by Crippen LogP contribution is 2.38. The van der Waals surface area contributed by atoms with Crippen LogP contribution in [0.1, 0.15) is 5.56 Å². The van der Waals surface area contributed by atoms with Crippen molar-refractivity contribution in [3.05, 3.63) is 36.2 Å². The molecule has 2 aromatic heterocycles. The number of benzene rings is 1. The number of ether oxygens (including phenoxy) is 5. The number of aromatic nitrogens is 3. The molecule has 3 aromatic rings. The second-order valence-electron chi connectivity index (χ2n) is 6.98. The number of carbonyl (C=O) groups is 1. The monoisotopic (exact) mass is 445 g/mol. The van der Waals surface area contributed by atoms with Crippen molar-refractivity contribution >= 4 is 17.4 Å². The molecule has 0 aliphatic carbocycles. The summed E-state index contributed by atoms with van der Waals surface area (Å²) in [7, 11) is 8.44. The SMILES string of the molecule is COc1cc(COc2cc(NC(=O)OCCN(C)C)c3nccn3n2)cc(OC)c1OC. The van der Waals surface area contributed by atoms with Gasteiger partial charge in [0.25, 0.3) is 0 Å². The van der Waals surface area contributed by atoms with Gasteiger partial charge in [-0.05, 0) is 31.8 Å². The molecule has 0 aliphatic heterocycles. The molecule has 0 atom stereocenters. The van der Waals surface area contributed by atoms with Crippen LogP contribution in [0.5, 0.6) is 23.1 Å². The van der Waals surface area contributed by atoms with Crippen molar-refractivity contribution in [2.24, 2.45) is 0 Å². The van der Waals surface area contributed by atoms with Crippen molar-refractivity contribution in [1.29, 1.82) is 0 Å². The van der Waals surface area contributed by atoms with E-state index in [4.69, 9.17) is 23.7 Å². The van der Waals surface area contributed by atoms with E-state index in [-0.39, 0.29) is 19.1 Å². The number of methoxy groups -OCH3 is 3. The van der Waals surface area contributed by atoms with Crippen molar-refractivity contribution < 1.29 is 28.5 Å². The van der Waals surface area contributed by atoms with Gasteiger partial charge in [0, 0.05) is 25.0 Å². The quantitative estimate of drug-likeness (QED) is 0.503. The van der Waals surface area contributed by atoms with Gasteiger partial charge in [-0.2, -0.15) is 0 Å². The molecule has 11 heteroatoms. The third kappa shape index (κ3) is 5.49. The number of hydrogen-bond donors (Lipinski definition) is 1. The zero-order chi connectivity index (χ0) is 23.1. The fourth-order valence-electron chi connectivity index (χ4n) is 2.90. The van der Waals surface area contributed by atoms with Crippen LogP contribution < -0.4 is 24.3 Å². The summed E-state index contributed by atoms with van der Waals surface area (Å²) in [5.74, 6) is 1.82.